The summed E-state index contributed by atoms with van der Waals surface area (Å²) < 4.78 is 40.6. The summed E-state index contributed by atoms with van der Waals surface area (Å²) in [5.41, 5.74) is 0.814. The number of carbonyl (C=O) groups is 2. The van der Waals surface area contributed by atoms with E-state index in [1.165, 1.54) is 12.1 Å². The molecular weight excluding hydrogens is 421 g/mol. The summed E-state index contributed by atoms with van der Waals surface area (Å²) in [7, 11) is 0. The minimum atomic E-state index is -4.52. The number of nitrogens with zero attached hydrogens (tertiary/aromatic N) is 1. The van der Waals surface area contributed by atoms with Crippen molar-refractivity contribution in [1.29, 1.82) is 0 Å². The molecule has 0 spiro atoms. The predicted molar refractivity (Wildman–Crippen MR) is 110 cm³/mol. The van der Waals surface area contributed by atoms with Crippen molar-refractivity contribution in [2.24, 2.45) is 11.8 Å². The maximum absolute atomic E-state index is 13.5. The monoisotopic (exact) mass is 448 g/mol. The van der Waals surface area contributed by atoms with Gasteiger partial charge in [-0.2, -0.15) is 13.2 Å². The van der Waals surface area contributed by atoms with Crippen LogP contribution in [0.4, 0.5) is 18.9 Å². The van der Waals surface area contributed by atoms with Crippen LogP contribution in [0, 0.1) is 11.8 Å². The molecule has 5 nitrogen and oxygen atoms in total. The highest BCUT2D eigenvalue weighted by Gasteiger charge is 2.47. The number of nitrogens with one attached hydrogen (secondary N) is 1. The summed E-state index contributed by atoms with van der Waals surface area (Å²) in [5, 5.41) is 11.6. The number of piperidine rings is 1. The van der Waals surface area contributed by atoms with E-state index in [0.29, 0.717) is 24.6 Å². The third-order valence-electron chi connectivity index (χ3n) is 5.79. The normalized spacial score (nSPS) is 18.1. The second-order valence-corrected chi connectivity index (χ2v) is 8.27. The Morgan fingerprint density at radius 3 is 2.47 bits per heavy atom. The summed E-state index contributed by atoms with van der Waals surface area (Å²) in [6.45, 7) is 3.95. The van der Waals surface area contributed by atoms with Crippen LogP contribution < -0.4 is 5.32 Å². The molecule has 9 heteroatoms. The van der Waals surface area contributed by atoms with E-state index in [2.05, 4.69) is 12.2 Å². The Morgan fingerprint density at radius 1 is 1.30 bits per heavy atom. The van der Waals surface area contributed by atoms with Gasteiger partial charge in [-0.05, 0) is 56.0 Å². The molecule has 1 aromatic rings. The van der Waals surface area contributed by atoms with Gasteiger partial charge in [0.2, 0.25) is 5.91 Å². The molecule has 1 amide bonds. The SMILES string of the molecule is CCC1CCN([C@@H](C(=O)Nc2cc(CCC(=O)O)ccc2Cl)[C@@H](C)C(F)(F)F)CC1. The average molecular weight is 449 g/mol. The van der Waals surface area contributed by atoms with Crippen LogP contribution in [0.25, 0.3) is 0 Å². The number of likely N-dealkylation sites (tertiary alicyclic amines) is 1. The van der Waals surface area contributed by atoms with E-state index in [9.17, 15) is 22.8 Å². The quantitative estimate of drug-likeness (QED) is 0.588. The van der Waals surface area contributed by atoms with Gasteiger partial charge in [0.15, 0.2) is 0 Å². The van der Waals surface area contributed by atoms with E-state index in [-0.39, 0.29) is 23.6 Å². The fourth-order valence-electron chi connectivity index (χ4n) is 3.81. The molecule has 0 unspecified atom stereocenters. The number of halogens is 4. The van der Waals surface area contributed by atoms with E-state index in [1.54, 1.807) is 11.0 Å². The Hall–Kier alpha value is -1.80. The van der Waals surface area contributed by atoms with Crippen LogP contribution in [-0.4, -0.2) is 47.2 Å². The lowest BCUT2D eigenvalue weighted by Crippen LogP contribution is -2.54. The van der Waals surface area contributed by atoms with Gasteiger partial charge in [0.25, 0.3) is 0 Å². The smallest absolute Gasteiger partial charge is 0.393 e. The number of rotatable bonds is 8. The van der Waals surface area contributed by atoms with Gasteiger partial charge in [-0.15, -0.1) is 0 Å². The minimum absolute atomic E-state index is 0.102. The Kier molecular flexibility index (Phi) is 8.55. The molecule has 0 radical (unpaired) electrons. The first-order chi connectivity index (χ1) is 14.0. The average Bonchev–Trinajstić information content (AvgIpc) is 2.68. The molecule has 1 aromatic carbocycles. The maximum atomic E-state index is 13.5. The zero-order valence-electron chi connectivity index (χ0n) is 17.1. The number of aryl methyl sites for hydroxylation is 1. The zero-order chi connectivity index (χ0) is 22.5. The number of carbonyl (C=O) groups excluding carboxylic acids is 1. The maximum Gasteiger partial charge on any atom is 0.393 e. The molecule has 1 aliphatic heterocycles. The van der Waals surface area contributed by atoms with Crippen molar-refractivity contribution in [2.75, 3.05) is 18.4 Å². The highest BCUT2D eigenvalue weighted by atomic mass is 35.5. The number of anilines is 1. The van der Waals surface area contributed by atoms with E-state index in [0.717, 1.165) is 26.2 Å². The van der Waals surface area contributed by atoms with E-state index < -0.39 is 30.0 Å². The van der Waals surface area contributed by atoms with Crippen molar-refractivity contribution in [3.05, 3.63) is 28.8 Å². The van der Waals surface area contributed by atoms with Crippen molar-refractivity contribution in [1.82, 2.24) is 4.90 Å². The van der Waals surface area contributed by atoms with Gasteiger partial charge < -0.3 is 10.4 Å². The van der Waals surface area contributed by atoms with Gasteiger partial charge in [-0.25, -0.2) is 0 Å². The summed E-state index contributed by atoms with van der Waals surface area (Å²) in [4.78, 5) is 25.4. The topological polar surface area (TPSA) is 69.6 Å². The number of carboxylic acids is 1. The van der Waals surface area contributed by atoms with Crippen LogP contribution in [0.15, 0.2) is 18.2 Å². The molecule has 0 aromatic heterocycles. The number of amides is 1. The molecule has 0 saturated carbocycles. The summed E-state index contributed by atoms with van der Waals surface area (Å²) >= 11 is 6.13. The van der Waals surface area contributed by atoms with Crippen molar-refractivity contribution in [3.63, 3.8) is 0 Å². The third kappa shape index (κ3) is 6.60. The van der Waals surface area contributed by atoms with E-state index in [4.69, 9.17) is 16.7 Å². The number of hydrogen-bond donors (Lipinski definition) is 2. The van der Waals surface area contributed by atoms with Crippen molar-refractivity contribution < 1.29 is 27.9 Å². The molecule has 0 aliphatic carbocycles. The van der Waals surface area contributed by atoms with Gasteiger partial charge in [-0.3, -0.25) is 14.5 Å². The Balaban J connectivity index is 2.22. The molecule has 1 saturated heterocycles. The zero-order valence-corrected chi connectivity index (χ0v) is 17.9. The lowest BCUT2D eigenvalue weighted by atomic mass is 9.90. The Labute approximate surface area is 179 Å². The van der Waals surface area contributed by atoms with Crippen LogP contribution in [0.3, 0.4) is 0 Å². The van der Waals surface area contributed by atoms with Gasteiger partial charge >= 0.3 is 12.1 Å². The highest BCUT2D eigenvalue weighted by Crippen LogP contribution is 2.34. The second-order valence-electron chi connectivity index (χ2n) is 7.86. The van der Waals surface area contributed by atoms with Gasteiger partial charge in [0.05, 0.1) is 16.6 Å². The molecule has 1 heterocycles. The van der Waals surface area contributed by atoms with Crippen LogP contribution in [0.1, 0.15) is 45.1 Å². The Bertz CT molecular complexity index is 750. The van der Waals surface area contributed by atoms with E-state index >= 15 is 0 Å². The summed E-state index contributed by atoms with van der Waals surface area (Å²) in [5.74, 6) is -3.10. The van der Waals surface area contributed by atoms with Gasteiger partial charge in [-0.1, -0.05) is 37.9 Å². The highest BCUT2D eigenvalue weighted by molar-refractivity contribution is 6.33. The fourth-order valence-corrected chi connectivity index (χ4v) is 3.97. The molecule has 1 aliphatic rings. The standard InChI is InChI=1S/C21H28ClF3N2O3/c1-3-14-8-10-27(11-9-14)19(13(2)21(23,24)25)20(30)26-17-12-15(4-6-16(17)22)5-7-18(28)29/h4,6,12-14,19H,3,5,7-11H2,1-2H3,(H,26,30)(H,28,29)/t13-,19-/m1/s1. The molecule has 168 valence electrons. The molecule has 2 rings (SSSR count). The minimum Gasteiger partial charge on any atom is -0.481 e. The molecule has 1 fully saturated rings. The first-order valence-electron chi connectivity index (χ1n) is 10.1. The number of hydrogen-bond acceptors (Lipinski definition) is 3. The predicted octanol–water partition coefficient (Wildman–Crippen LogP) is 4.98. The van der Waals surface area contributed by atoms with Crippen LogP contribution in [0.2, 0.25) is 5.02 Å². The van der Waals surface area contributed by atoms with Gasteiger partial charge in [0.1, 0.15) is 6.04 Å². The largest absolute Gasteiger partial charge is 0.481 e. The Morgan fingerprint density at radius 2 is 1.93 bits per heavy atom. The summed E-state index contributed by atoms with van der Waals surface area (Å²) in [6, 6.07) is 3.29. The third-order valence-corrected chi connectivity index (χ3v) is 6.12. The van der Waals surface area contributed by atoms with Crippen molar-refractivity contribution >= 4 is 29.2 Å². The molecular formula is C21H28ClF3N2O3. The number of benzene rings is 1. The number of aliphatic carboxylic acids is 1. The molecule has 2 atom stereocenters. The van der Waals surface area contributed by atoms with Crippen LogP contribution in [0.5, 0.6) is 0 Å². The van der Waals surface area contributed by atoms with Gasteiger partial charge in [0, 0.05) is 6.42 Å². The first kappa shape index (κ1) is 24.5. The van der Waals surface area contributed by atoms with Crippen molar-refractivity contribution in [2.45, 2.75) is 58.2 Å². The lowest BCUT2D eigenvalue weighted by molar-refractivity contribution is -0.189. The number of alkyl halides is 3. The van der Waals surface area contributed by atoms with E-state index in [1.807, 2.05) is 0 Å². The molecule has 30 heavy (non-hydrogen) atoms. The fraction of sp³-hybridized carbons (Fsp3) is 0.619. The number of carboxylic acid groups (broad SMARTS) is 1. The first-order valence-corrected chi connectivity index (χ1v) is 10.5. The second kappa shape index (κ2) is 10.5. The van der Waals surface area contributed by atoms with Crippen LogP contribution in [-0.2, 0) is 16.0 Å². The van der Waals surface area contributed by atoms with Crippen molar-refractivity contribution in [3.8, 4) is 0 Å². The molecule has 0 bridgehead atoms. The lowest BCUT2D eigenvalue weighted by Gasteiger charge is -2.39. The summed E-state index contributed by atoms with van der Waals surface area (Å²) in [6.07, 6.45) is -1.90. The van der Waals surface area contributed by atoms with Crippen LogP contribution >= 0.6 is 11.6 Å². The molecule has 2 N–H and O–H groups in total.